The fourth-order valence-electron chi connectivity index (χ4n) is 2.58. The van der Waals surface area contributed by atoms with Crippen molar-refractivity contribution in [3.8, 4) is 11.6 Å². The Labute approximate surface area is 149 Å². The van der Waals surface area contributed by atoms with E-state index in [2.05, 4.69) is 41.5 Å². The van der Waals surface area contributed by atoms with E-state index in [-0.39, 0.29) is 6.10 Å². The molecule has 1 saturated heterocycles. The zero-order valence-corrected chi connectivity index (χ0v) is 15.3. The van der Waals surface area contributed by atoms with E-state index < -0.39 is 0 Å². The van der Waals surface area contributed by atoms with Crippen LogP contribution in [0.3, 0.4) is 0 Å². The molecular weight excluding hydrogens is 374 g/mol. The second-order valence-corrected chi connectivity index (χ2v) is 6.33. The minimum atomic E-state index is 0.138. The second-order valence-electron chi connectivity index (χ2n) is 5.52. The van der Waals surface area contributed by atoms with E-state index in [1.165, 1.54) is 6.33 Å². The first-order chi connectivity index (χ1) is 11.7. The average molecular weight is 394 g/mol. The summed E-state index contributed by atoms with van der Waals surface area (Å²) in [5, 5.41) is 6.56. The SMILES string of the molecule is COc1c(Nc2ccc(Br)nc2C)ncnc1OC1CCNCC1. The Hall–Kier alpha value is -1.93. The number of anilines is 2. The number of hydrogen-bond acceptors (Lipinski definition) is 7. The van der Waals surface area contributed by atoms with E-state index in [1.54, 1.807) is 7.11 Å². The lowest BCUT2D eigenvalue weighted by Crippen LogP contribution is -2.34. The highest BCUT2D eigenvalue weighted by atomic mass is 79.9. The van der Waals surface area contributed by atoms with Gasteiger partial charge >= 0.3 is 0 Å². The van der Waals surface area contributed by atoms with Crippen LogP contribution in [-0.4, -0.2) is 41.3 Å². The van der Waals surface area contributed by atoms with Gasteiger partial charge in [0.2, 0.25) is 5.75 Å². The number of piperidine rings is 1. The number of pyridine rings is 1. The Bertz CT molecular complexity index is 707. The van der Waals surface area contributed by atoms with Crippen molar-refractivity contribution in [2.24, 2.45) is 0 Å². The first kappa shape index (κ1) is 16.9. The van der Waals surface area contributed by atoms with Crippen molar-refractivity contribution in [2.75, 3.05) is 25.5 Å². The molecule has 1 aliphatic rings. The molecule has 2 N–H and O–H groups in total. The van der Waals surface area contributed by atoms with Gasteiger partial charge in [0, 0.05) is 0 Å². The zero-order valence-electron chi connectivity index (χ0n) is 13.7. The molecule has 8 heteroatoms. The van der Waals surface area contributed by atoms with Crippen LogP contribution in [0, 0.1) is 6.92 Å². The number of ether oxygens (including phenoxy) is 2. The van der Waals surface area contributed by atoms with Crippen LogP contribution in [0.25, 0.3) is 0 Å². The maximum Gasteiger partial charge on any atom is 0.262 e. The van der Waals surface area contributed by atoms with Gasteiger partial charge in [-0.2, -0.15) is 4.98 Å². The maximum atomic E-state index is 6.03. The molecule has 0 aromatic carbocycles. The molecule has 1 fully saturated rings. The largest absolute Gasteiger partial charge is 0.489 e. The highest BCUT2D eigenvalue weighted by Crippen LogP contribution is 2.34. The molecule has 3 rings (SSSR count). The molecule has 0 unspecified atom stereocenters. The molecule has 24 heavy (non-hydrogen) atoms. The Morgan fingerprint density at radius 2 is 2.04 bits per heavy atom. The van der Waals surface area contributed by atoms with Gasteiger partial charge in [-0.15, -0.1) is 0 Å². The van der Waals surface area contributed by atoms with Crippen molar-refractivity contribution in [1.82, 2.24) is 20.3 Å². The van der Waals surface area contributed by atoms with Gasteiger partial charge in [0.05, 0.1) is 18.5 Å². The Morgan fingerprint density at radius 3 is 2.75 bits per heavy atom. The van der Waals surface area contributed by atoms with Crippen molar-refractivity contribution >= 4 is 27.4 Å². The van der Waals surface area contributed by atoms with Crippen molar-refractivity contribution in [1.29, 1.82) is 0 Å². The molecule has 0 spiro atoms. The minimum Gasteiger partial charge on any atom is -0.489 e. The van der Waals surface area contributed by atoms with Crippen LogP contribution < -0.4 is 20.1 Å². The van der Waals surface area contributed by atoms with Crippen molar-refractivity contribution in [2.45, 2.75) is 25.9 Å². The summed E-state index contributed by atoms with van der Waals surface area (Å²) >= 11 is 3.36. The lowest BCUT2D eigenvalue weighted by molar-refractivity contribution is 0.149. The van der Waals surface area contributed by atoms with Crippen molar-refractivity contribution in [3.05, 3.63) is 28.8 Å². The van der Waals surface area contributed by atoms with E-state index in [4.69, 9.17) is 9.47 Å². The highest BCUT2D eigenvalue weighted by Gasteiger charge is 2.20. The molecule has 0 bridgehead atoms. The van der Waals surface area contributed by atoms with Crippen LogP contribution in [0.2, 0.25) is 0 Å². The molecule has 128 valence electrons. The molecule has 2 aromatic rings. The summed E-state index contributed by atoms with van der Waals surface area (Å²) in [5.74, 6) is 1.52. The summed E-state index contributed by atoms with van der Waals surface area (Å²) in [7, 11) is 1.59. The molecule has 0 aliphatic carbocycles. The minimum absolute atomic E-state index is 0.138. The number of halogens is 1. The number of nitrogens with one attached hydrogen (secondary N) is 2. The number of methoxy groups -OCH3 is 1. The average Bonchev–Trinajstić information content (AvgIpc) is 2.58. The third-order valence-corrected chi connectivity index (χ3v) is 4.29. The number of nitrogens with zero attached hydrogens (tertiary/aromatic N) is 3. The van der Waals surface area contributed by atoms with Crippen LogP contribution in [0.1, 0.15) is 18.5 Å². The van der Waals surface area contributed by atoms with E-state index in [0.717, 1.165) is 41.9 Å². The molecule has 3 heterocycles. The summed E-state index contributed by atoms with van der Waals surface area (Å²) in [6.07, 6.45) is 3.51. The van der Waals surface area contributed by atoms with E-state index in [1.807, 2.05) is 19.1 Å². The summed E-state index contributed by atoms with van der Waals surface area (Å²) < 4.78 is 12.3. The van der Waals surface area contributed by atoms with Gasteiger partial charge in [-0.25, -0.2) is 9.97 Å². The Balaban J connectivity index is 1.83. The number of aromatic nitrogens is 3. The Kier molecular flexibility index (Phi) is 5.47. The number of rotatable bonds is 5. The first-order valence-corrected chi connectivity index (χ1v) is 8.63. The summed E-state index contributed by atoms with van der Waals surface area (Å²) in [5.41, 5.74) is 1.70. The lowest BCUT2D eigenvalue weighted by atomic mass is 10.1. The molecule has 2 aromatic heterocycles. The molecule has 1 aliphatic heterocycles. The molecule has 0 saturated carbocycles. The standard InChI is InChI=1S/C16H20BrN5O2/c1-10-12(3-4-13(17)21-10)22-15-14(23-2)16(20-9-19-15)24-11-5-7-18-8-6-11/h3-4,9,11,18H,5-8H2,1-2H3,(H,19,20,22). The third-order valence-electron chi connectivity index (χ3n) is 3.84. The lowest BCUT2D eigenvalue weighted by Gasteiger charge is -2.24. The molecular formula is C16H20BrN5O2. The van der Waals surface area contributed by atoms with E-state index in [9.17, 15) is 0 Å². The fraction of sp³-hybridized carbons (Fsp3) is 0.438. The van der Waals surface area contributed by atoms with Crippen molar-refractivity contribution < 1.29 is 9.47 Å². The van der Waals surface area contributed by atoms with Gasteiger partial charge in [0.1, 0.15) is 17.0 Å². The van der Waals surface area contributed by atoms with Gasteiger partial charge in [0.15, 0.2) is 5.82 Å². The summed E-state index contributed by atoms with van der Waals surface area (Å²) in [6, 6.07) is 3.80. The van der Waals surface area contributed by atoms with Crippen LogP contribution >= 0.6 is 15.9 Å². The first-order valence-electron chi connectivity index (χ1n) is 7.84. The number of hydrogen-bond donors (Lipinski definition) is 2. The van der Waals surface area contributed by atoms with Crippen molar-refractivity contribution in [3.63, 3.8) is 0 Å². The van der Waals surface area contributed by atoms with Crippen LogP contribution in [0.15, 0.2) is 23.1 Å². The second kappa shape index (κ2) is 7.76. The summed E-state index contributed by atoms with van der Waals surface area (Å²) in [4.78, 5) is 12.9. The molecule has 0 radical (unpaired) electrons. The van der Waals surface area contributed by atoms with Gasteiger partial charge < -0.3 is 20.1 Å². The monoisotopic (exact) mass is 393 g/mol. The van der Waals surface area contributed by atoms with Crippen LogP contribution in [-0.2, 0) is 0 Å². The van der Waals surface area contributed by atoms with E-state index >= 15 is 0 Å². The van der Waals surface area contributed by atoms with Gasteiger partial charge in [0.25, 0.3) is 5.88 Å². The molecule has 0 atom stereocenters. The van der Waals surface area contributed by atoms with Gasteiger partial charge in [-0.05, 0) is 60.9 Å². The quantitative estimate of drug-likeness (QED) is 0.755. The predicted octanol–water partition coefficient (Wildman–Crippen LogP) is 2.83. The predicted molar refractivity (Wildman–Crippen MR) is 95.1 cm³/mol. The van der Waals surface area contributed by atoms with Crippen LogP contribution in [0.4, 0.5) is 11.5 Å². The number of aryl methyl sites for hydroxylation is 1. The smallest absolute Gasteiger partial charge is 0.262 e. The van der Waals surface area contributed by atoms with Gasteiger partial charge in [-0.3, -0.25) is 0 Å². The topological polar surface area (TPSA) is 81.2 Å². The van der Waals surface area contributed by atoms with E-state index in [0.29, 0.717) is 17.4 Å². The third kappa shape index (κ3) is 3.93. The highest BCUT2D eigenvalue weighted by molar-refractivity contribution is 9.10. The fourth-order valence-corrected chi connectivity index (χ4v) is 2.97. The zero-order chi connectivity index (χ0) is 16.9. The Morgan fingerprint density at radius 1 is 1.25 bits per heavy atom. The van der Waals surface area contributed by atoms with Gasteiger partial charge in [-0.1, -0.05) is 0 Å². The normalized spacial score (nSPS) is 15.1. The summed E-state index contributed by atoms with van der Waals surface area (Å²) in [6.45, 7) is 3.83. The molecule has 0 amide bonds. The van der Waals surface area contributed by atoms with Crippen LogP contribution in [0.5, 0.6) is 11.6 Å². The molecule has 7 nitrogen and oxygen atoms in total. The maximum absolute atomic E-state index is 6.03.